The molecule has 0 radical (unpaired) electrons. The summed E-state index contributed by atoms with van der Waals surface area (Å²) in [5.74, 6) is 1.78. The fourth-order valence-corrected chi connectivity index (χ4v) is 3.12. The average Bonchev–Trinajstić information content (AvgIpc) is 2.65. The lowest BCUT2D eigenvalue weighted by Crippen LogP contribution is -2.08. The van der Waals surface area contributed by atoms with Crippen molar-refractivity contribution in [1.29, 1.82) is 0 Å². The van der Waals surface area contributed by atoms with Gasteiger partial charge < -0.3 is 0 Å². The SMILES string of the molecule is CC(C)C(c1ccccc1)c1ccccc1.CC(C)c1ccccc1. The molecule has 3 aromatic carbocycles. The first-order valence-electron chi connectivity index (χ1n) is 9.24. The van der Waals surface area contributed by atoms with Crippen LogP contribution in [-0.2, 0) is 0 Å². The van der Waals surface area contributed by atoms with Crippen LogP contribution in [-0.4, -0.2) is 0 Å². The third-order valence-corrected chi connectivity index (χ3v) is 4.45. The van der Waals surface area contributed by atoms with Crippen molar-refractivity contribution in [3.8, 4) is 0 Å². The van der Waals surface area contributed by atoms with E-state index in [1.54, 1.807) is 0 Å². The van der Waals surface area contributed by atoms with Crippen molar-refractivity contribution < 1.29 is 0 Å². The average molecular weight is 331 g/mol. The molecule has 0 aliphatic carbocycles. The van der Waals surface area contributed by atoms with Gasteiger partial charge in [-0.2, -0.15) is 0 Å². The quantitative estimate of drug-likeness (QED) is 0.471. The van der Waals surface area contributed by atoms with E-state index in [4.69, 9.17) is 0 Å². The molecule has 0 spiro atoms. The molecule has 0 aliphatic rings. The molecule has 0 fully saturated rings. The summed E-state index contributed by atoms with van der Waals surface area (Å²) in [6.07, 6.45) is 0. The Morgan fingerprint density at radius 2 is 0.760 bits per heavy atom. The fourth-order valence-electron chi connectivity index (χ4n) is 3.12. The molecule has 3 aromatic rings. The lowest BCUT2D eigenvalue weighted by molar-refractivity contribution is 0.564. The molecule has 3 rings (SSSR count). The first-order valence-corrected chi connectivity index (χ1v) is 9.24. The largest absolute Gasteiger partial charge is 0.0622 e. The summed E-state index contributed by atoms with van der Waals surface area (Å²) < 4.78 is 0. The van der Waals surface area contributed by atoms with Crippen LogP contribution >= 0.6 is 0 Å². The fraction of sp³-hybridized carbons (Fsp3) is 0.280. The second kappa shape index (κ2) is 9.84. The lowest BCUT2D eigenvalue weighted by atomic mass is 9.83. The molecular weight excluding hydrogens is 300 g/mol. The predicted molar refractivity (Wildman–Crippen MR) is 110 cm³/mol. The molecule has 25 heavy (non-hydrogen) atoms. The highest BCUT2D eigenvalue weighted by atomic mass is 14.2. The highest BCUT2D eigenvalue weighted by Gasteiger charge is 2.16. The Morgan fingerprint density at radius 1 is 0.440 bits per heavy atom. The maximum Gasteiger partial charge on any atom is 0.0112 e. The van der Waals surface area contributed by atoms with E-state index in [9.17, 15) is 0 Å². The van der Waals surface area contributed by atoms with E-state index in [1.807, 2.05) is 6.07 Å². The number of hydrogen-bond acceptors (Lipinski definition) is 0. The van der Waals surface area contributed by atoms with Crippen LogP contribution in [0.25, 0.3) is 0 Å². The van der Waals surface area contributed by atoms with Crippen LogP contribution in [0.2, 0.25) is 0 Å². The van der Waals surface area contributed by atoms with Crippen LogP contribution in [0, 0.1) is 5.92 Å². The standard InChI is InChI=1S/C16H18.C9H12/c1-13(2)16(14-9-5-3-6-10-14)15-11-7-4-8-12-15;1-8(2)9-6-4-3-5-7-9/h3-13,16H,1-2H3;3-8H,1-2H3. The maximum absolute atomic E-state index is 2.28. The van der Waals surface area contributed by atoms with Crippen LogP contribution in [0.5, 0.6) is 0 Å². The van der Waals surface area contributed by atoms with Gasteiger partial charge >= 0.3 is 0 Å². The van der Waals surface area contributed by atoms with Gasteiger partial charge in [0.2, 0.25) is 0 Å². The van der Waals surface area contributed by atoms with Crippen LogP contribution < -0.4 is 0 Å². The molecule has 0 aliphatic heterocycles. The highest BCUT2D eigenvalue weighted by Crippen LogP contribution is 2.31. The molecule has 0 bridgehead atoms. The molecule has 0 saturated carbocycles. The molecule has 0 nitrogen and oxygen atoms in total. The summed E-state index contributed by atoms with van der Waals surface area (Å²) >= 11 is 0. The van der Waals surface area contributed by atoms with E-state index in [0.29, 0.717) is 17.8 Å². The molecule has 0 aromatic heterocycles. The van der Waals surface area contributed by atoms with Crippen molar-refractivity contribution in [3.63, 3.8) is 0 Å². The molecule has 0 unspecified atom stereocenters. The van der Waals surface area contributed by atoms with Crippen molar-refractivity contribution >= 4 is 0 Å². The summed E-state index contributed by atoms with van der Waals surface area (Å²) in [4.78, 5) is 0. The Morgan fingerprint density at radius 3 is 1.00 bits per heavy atom. The number of hydrogen-bond donors (Lipinski definition) is 0. The minimum absolute atomic E-state index is 0.502. The van der Waals surface area contributed by atoms with Crippen molar-refractivity contribution in [1.82, 2.24) is 0 Å². The molecule has 0 N–H and O–H groups in total. The van der Waals surface area contributed by atoms with Gasteiger partial charge in [-0.1, -0.05) is 119 Å². The van der Waals surface area contributed by atoms with E-state index >= 15 is 0 Å². The molecule has 0 atom stereocenters. The zero-order chi connectivity index (χ0) is 18.1. The second-order valence-corrected chi connectivity index (χ2v) is 7.11. The minimum atomic E-state index is 0.502. The van der Waals surface area contributed by atoms with Gasteiger partial charge in [0, 0.05) is 5.92 Å². The van der Waals surface area contributed by atoms with Crippen molar-refractivity contribution in [3.05, 3.63) is 108 Å². The van der Waals surface area contributed by atoms with Crippen LogP contribution in [0.3, 0.4) is 0 Å². The van der Waals surface area contributed by atoms with Gasteiger partial charge in [0.25, 0.3) is 0 Å². The van der Waals surface area contributed by atoms with E-state index in [-0.39, 0.29) is 0 Å². The molecule has 0 amide bonds. The summed E-state index contributed by atoms with van der Waals surface area (Å²) in [5.41, 5.74) is 4.23. The Labute approximate surface area is 153 Å². The Hall–Kier alpha value is -2.34. The normalized spacial score (nSPS) is 10.7. The summed E-state index contributed by atoms with van der Waals surface area (Å²) in [5, 5.41) is 0. The second-order valence-electron chi connectivity index (χ2n) is 7.11. The molecule has 0 heterocycles. The summed E-state index contributed by atoms with van der Waals surface area (Å²) in [7, 11) is 0. The van der Waals surface area contributed by atoms with Gasteiger partial charge in [0.1, 0.15) is 0 Å². The van der Waals surface area contributed by atoms with Gasteiger partial charge in [-0.05, 0) is 28.5 Å². The first kappa shape index (κ1) is 19.0. The van der Waals surface area contributed by atoms with Crippen LogP contribution in [0.1, 0.15) is 56.2 Å². The third kappa shape index (κ3) is 5.90. The van der Waals surface area contributed by atoms with Crippen molar-refractivity contribution in [2.24, 2.45) is 5.92 Å². The number of benzene rings is 3. The van der Waals surface area contributed by atoms with Gasteiger partial charge in [-0.3, -0.25) is 0 Å². The van der Waals surface area contributed by atoms with E-state index in [2.05, 4.69) is 113 Å². The molecule has 0 heteroatoms. The predicted octanol–water partition coefficient (Wildman–Crippen LogP) is 7.28. The maximum atomic E-state index is 2.28. The smallest absolute Gasteiger partial charge is 0.0112 e. The Bertz CT molecular complexity index is 657. The Balaban J connectivity index is 0.000000212. The third-order valence-electron chi connectivity index (χ3n) is 4.45. The molecular formula is C25H30. The molecule has 0 saturated heterocycles. The highest BCUT2D eigenvalue weighted by molar-refractivity contribution is 5.32. The first-order chi connectivity index (χ1) is 12.1. The van der Waals surface area contributed by atoms with Gasteiger partial charge in [-0.25, -0.2) is 0 Å². The monoisotopic (exact) mass is 330 g/mol. The Kier molecular flexibility index (Phi) is 7.47. The van der Waals surface area contributed by atoms with Gasteiger partial charge in [0.15, 0.2) is 0 Å². The number of rotatable bonds is 4. The molecule has 130 valence electrons. The topological polar surface area (TPSA) is 0 Å². The van der Waals surface area contributed by atoms with Crippen LogP contribution in [0.4, 0.5) is 0 Å². The summed E-state index contributed by atoms with van der Waals surface area (Å²) in [6.45, 7) is 8.97. The van der Waals surface area contributed by atoms with Gasteiger partial charge in [0.05, 0.1) is 0 Å². The summed E-state index contributed by atoms with van der Waals surface area (Å²) in [6, 6.07) is 32.0. The van der Waals surface area contributed by atoms with E-state index in [0.717, 1.165) is 0 Å². The van der Waals surface area contributed by atoms with Crippen molar-refractivity contribution in [2.75, 3.05) is 0 Å². The van der Waals surface area contributed by atoms with Gasteiger partial charge in [-0.15, -0.1) is 0 Å². The van der Waals surface area contributed by atoms with Crippen LogP contribution in [0.15, 0.2) is 91.0 Å². The zero-order valence-corrected chi connectivity index (χ0v) is 15.9. The zero-order valence-electron chi connectivity index (χ0n) is 15.9. The van der Waals surface area contributed by atoms with Crippen molar-refractivity contribution in [2.45, 2.75) is 39.5 Å². The van der Waals surface area contributed by atoms with E-state index < -0.39 is 0 Å². The van der Waals surface area contributed by atoms with E-state index in [1.165, 1.54) is 16.7 Å². The minimum Gasteiger partial charge on any atom is -0.0622 e. The lowest BCUT2D eigenvalue weighted by Gasteiger charge is -2.21.